The lowest BCUT2D eigenvalue weighted by molar-refractivity contribution is 0.139. The summed E-state index contributed by atoms with van der Waals surface area (Å²) in [6.07, 6.45) is 3.92. The van der Waals surface area contributed by atoms with Crippen molar-refractivity contribution in [1.29, 1.82) is 0 Å². The van der Waals surface area contributed by atoms with E-state index >= 15 is 0 Å². The van der Waals surface area contributed by atoms with E-state index in [2.05, 4.69) is 33.0 Å². The van der Waals surface area contributed by atoms with Crippen molar-refractivity contribution in [2.24, 2.45) is 10.1 Å². The van der Waals surface area contributed by atoms with Gasteiger partial charge < -0.3 is 0 Å². The first kappa shape index (κ1) is 11.5. The van der Waals surface area contributed by atoms with Crippen LogP contribution in [0.1, 0.15) is 12.8 Å². The lowest BCUT2D eigenvalue weighted by atomic mass is 10.3. The molecule has 1 N–H and O–H groups in total. The molecule has 0 bridgehead atoms. The van der Waals surface area contributed by atoms with E-state index in [0.29, 0.717) is 0 Å². The molecule has 0 atom stereocenters. The molecule has 0 aromatic carbocycles. The first-order valence-corrected chi connectivity index (χ1v) is 5.68. The topological polar surface area (TPSA) is 43.2 Å². The Labute approximate surface area is 93.3 Å². The molecular weight excluding hydrogens is 218 g/mol. The van der Waals surface area contributed by atoms with E-state index in [1.807, 2.05) is 16.6 Å². The van der Waals surface area contributed by atoms with Crippen LogP contribution >= 0.6 is 24.2 Å². The fourth-order valence-electron chi connectivity index (χ4n) is 0.897. The van der Waals surface area contributed by atoms with Crippen LogP contribution in [0.15, 0.2) is 10.1 Å². The van der Waals surface area contributed by atoms with Gasteiger partial charge in [0.1, 0.15) is 6.34 Å². The van der Waals surface area contributed by atoms with Crippen LogP contribution in [-0.2, 0) is 0 Å². The van der Waals surface area contributed by atoms with E-state index in [-0.39, 0.29) is 0 Å². The second kappa shape index (κ2) is 6.78. The standard InChI is InChI=1S/C7H13N5S2/c1-11-10-9-6-12(11)14-5-3-2-4-8-7-13/h6,10H,2-5H2,1H3. The zero-order valence-corrected chi connectivity index (χ0v) is 9.64. The van der Waals surface area contributed by atoms with Crippen molar-refractivity contribution in [3.8, 4) is 0 Å². The molecule has 0 aromatic rings. The fraction of sp³-hybridized carbons (Fsp3) is 0.714. The molecular formula is C7H13N5S2. The number of thiocarbonyl (C=S) groups is 1. The summed E-state index contributed by atoms with van der Waals surface area (Å²) >= 11 is 6.18. The van der Waals surface area contributed by atoms with Gasteiger partial charge in [0.25, 0.3) is 0 Å². The van der Waals surface area contributed by atoms with Gasteiger partial charge in [-0.25, -0.2) is 14.9 Å². The van der Waals surface area contributed by atoms with Gasteiger partial charge in [-0.3, -0.25) is 0 Å². The van der Waals surface area contributed by atoms with Crippen LogP contribution in [0, 0.1) is 0 Å². The zero-order chi connectivity index (χ0) is 10.2. The number of hydrazine groups is 2. The SMILES string of the molecule is CN1NN=CN1SCCCCN=C=S. The molecule has 78 valence electrons. The summed E-state index contributed by atoms with van der Waals surface area (Å²) in [4.78, 5) is 3.85. The van der Waals surface area contributed by atoms with Gasteiger partial charge in [-0.2, -0.15) is 5.10 Å². The zero-order valence-electron chi connectivity index (χ0n) is 8.01. The summed E-state index contributed by atoms with van der Waals surface area (Å²) in [5.74, 6) is 1.05. The number of isothiocyanates is 1. The maximum atomic E-state index is 4.47. The van der Waals surface area contributed by atoms with Crippen molar-refractivity contribution < 1.29 is 0 Å². The monoisotopic (exact) mass is 231 g/mol. The first-order chi connectivity index (χ1) is 6.84. The van der Waals surface area contributed by atoms with E-state index in [0.717, 1.165) is 25.1 Å². The van der Waals surface area contributed by atoms with Crippen LogP contribution < -0.4 is 5.53 Å². The highest BCUT2D eigenvalue weighted by Crippen LogP contribution is 2.13. The minimum Gasteiger partial charge on any atom is -0.233 e. The molecule has 0 fully saturated rings. The van der Waals surface area contributed by atoms with Gasteiger partial charge in [0.15, 0.2) is 0 Å². The fourth-order valence-corrected chi connectivity index (χ4v) is 1.83. The second-order valence-electron chi connectivity index (χ2n) is 2.68. The average Bonchev–Trinajstić information content (AvgIpc) is 2.58. The number of aliphatic imine (C=N–C) groups is 1. The number of nitrogens with zero attached hydrogens (tertiary/aromatic N) is 4. The number of unbranched alkanes of at least 4 members (excludes halogenated alkanes) is 1. The predicted octanol–water partition coefficient (Wildman–Crippen LogP) is 1.13. The van der Waals surface area contributed by atoms with Gasteiger partial charge in [0.05, 0.1) is 5.16 Å². The minimum absolute atomic E-state index is 0.784. The van der Waals surface area contributed by atoms with E-state index in [4.69, 9.17) is 0 Å². The van der Waals surface area contributed by atoms with Gasteiger partial charge in [-0.05, 0) is 37.0 Å². The van der Waals surface area contributed by atoms with Crippen molar-refractivity contribution in [3.05, 3.63) is 0 Å². The molecule has 1 heterocycles. The molecule has 0 saturated heterocycles. The maximum Gasteiger partial charge on any atom is 0.140 e. The van der Waals surface area contributed by atoms with Crippen LogP contribution in [0.4, 0.5) is 0 Å². The first-order valence-electron chi connectivity index (χ1n) is 4.33. The van der Waals surface area contributed by atoms with E-state index < -0.39 is 0 Å². The highest BCUT2D eigenvalue weighted by atomic mass is 32.2. The summed E-state index contributed by atoms with van der Waals surface area (Å²) in [6, 6.07) is 0. The van der Waals surface area contributed by atoms with Gasteiger partial charge in [-0.1, -0.05) is 0 Å². The molecule has 7 heteroatoms. The maximum absolute atomic E-state index is 4.47. The van der Waals surface area contributed by atoms with E-state index in [1.54, 1.807) is 18.3 Å². The Morgan fingerprint density at radius 1 is 1.64 bits per heavy atom. The second-order valence-corrected chi connectivity index (χ2v) is 3.91. The van der Waals surface area contributed by atoms with Gasteiger partial charge in [-0.15, -0.1) is 5.12 Å². The lowest BCUT2D eigenvalue weighted by Gasteiger charge is -2.20. The van der Waals surface area contributed by atoms with Gasteiger partial charge in [0.2, 0.25) is 0 Å². The summed E-state index contributed by atoms with van der Waals surface area (Å²) < 4.78 is 1.95. The molecule has 1 aliphatic heterocycles. The molecule has 0 saturated carbocycles. The highest BCUT2D eigenvalue weighted by molar-refractivity contribution is 7.97. The predicted molar refractivity (Wildman–Crippen MR) is 62.8 cm³/mol. The molecule has 0 radical (unpaired) electrons. The summed E-state index contributed by atoms with van der Waals surface area (Å²) in [7, 11) is 1.91. The van der Waals surface area contributed by atoms with Crippen LogP contribution in [0.25, 0.3) is 0 Å². The third-order valence-corrected chi connectivity index (χ3v) is 2.81. The van der Waals surface area contributed by atoms with Crippen LogP contribution in [-0.4, -0.2) is 40.4 Å². The number of hydrazone groups is 1. The third kappa shape index (κ3) is 4.06. The largest absolute Gasteiger partial charge is 0.233 e. The Balaban J connectivity index is 1.98. The highest BCUT2D eigenvalue weighted by Gasteiger charge is 2.11. The lowest BCUT2D eigenvalue weighted by Crippen LogP contribution is -2.35. The molecule has 5 nitrogen and oxygen atoms in total. The summed E-state index contributed by atoms with van der Waals surface area (Å²) in [5, 5.41) is 8.07. The van der Waals surface area contributed by atoms with Crippen molar-refractivity contribution >= 4 is 35.7 Å². The van der Waals surface area contributed by atoms with Crippen LogP contribution in [0.2, 0.25) is 0 Å². The van der Waals surface area contributed by atoms with E-state index in [1.165, 1.54) is 0 Å². The number of hydrogen-bond donors (Lipinski definition) is 1. The van der Waals surface area contributed by atoms with Crippen LogP contribution in [0.3, 0.4) is 0 Å². The quantitative estimate of drug-likeness (QED) is 0.321. The normalized spacial score (nSPS) is 15.4. The molecule has 0 spiro atoms. The Morgan fingerprint density at radius 2 is 2.50 bits per heavy atom. The minimum atomic E-state index is 0.784. The smallest absolute Gasteiger partial charge is 0.140 e. The number of hydrogen-bond acceptors (Lipinski definition) is 7. The molecule has 1 aliphatic rings. The summed E-state index contributed by atoms with van der Waals surface area (Å²) in [6.45, 7) is 0.784. The summed E-state index contributed by atoms with van der Waals surface area (Å²) in [5.41, 5.74) is 2.80. The Bertz CT molecular complexity index is 238. The average molecular weight is 231 g/mol. The van der Waals surface area contributed by atoms with Crippen molar-refractivity contribution in [3.63, 3.8) is 0 Å². The Hall–Kier alpha value is -0.620. The third-order valence-electron chi connectivity index (χ3n) is 1.61. The van der Waals surface area contributed by atoms with Gasteiger partial charge >= 0.3 is 0 Å². The Kier molecular flexibility index (Phi) is 5.55. The van der Waals surface area contributed by atoms with E-state index in [9.17, 15) is 0 Å². The molecule has 0 aliphatic carbocycles. The molecule has 0 unspecified atom stereocenters. The van der Waals surface area contributed by atoms with Crippen molar-refractivity contribution in [2.45, 2.75) is 12.8 Å². The molecule has 0 aromatic heterocycles. The number of rotatable bonds is 6. The molecule has 0 amide bonds. The van der Waals surface area contributed by atoms with Crippen molar-refractivity contribution in [1.82, 2.24) is 15.1 Å². The van der Waals surface area contributed by atoms with Crippen LogP contribution in [0.5, 0.6) is 0 Å². The number of nitrogens with one attached hydrogen (secondary N) is 1. The van der Waals surface area contributed by atoms with Gasteiger partial charge in [0, 0.05) is 19.3 Å². The molecule has 14 heavy (non-hydrogen) atoms. The Morgan fingerprint density at radius 3 is 3.14 bits per heavy atom. The van der Waals surface area contributed by atoms with Crippen molar-refractivity contribution in [2.75, 3.05) is 19.3 Å². The molecule has 1 rings (SSSR count).